The lowest BCUT2D eigenvalue weighted by Crippen LogP contribution is -2.43. The number of hydrogen-bond donors (Lipinski definition) is 1. The Morgan fingerprint density at radius 3 is 2.65 bits per heavy atom. The van der Waals surface area contributed by atoms with Gasteiger partial charge in [-0.05, 0) is 56.0 Å². The number of piperidine rings is 1. The van der Waals surface area contributed by atoms with E-state index in [0.717, 1.165) is 25.0 Å². The molecule has 1 aliphatic heterocycles. The zero-order chi connectivity index (χ0) is 18.5. The van der Waals surface area contributed by atoms with Crippen LogP contribution in [0.4, 0.5) is 5.82 Å². The van der Waals surface area contributed by atoms with E-state index in [1.165, 1.54) is 5.56 Å². The minimum absolute atomic E-state index is 0.00108. The minimum Gasteiger partial charge on any atom is -0.338 e. The summed E-state index contributed by atoms with van der Waals surface area (Å²) in [7, 11) is 0. The normalized spacial score (nSPS) is 17.0. The number of nitrogens with one attached hydrogen (secondary N) is 1. The fraction of sp³-hybridized carbons (Fsp3) is 0.381. The van der Waals surface area contributed by atoms with E-state index in [1.807, 2.05) is 43.3 Å². The van der Waals surface area contributed by atoms with Crippen molar-refractivity contribution in [1.29, 1.82) is 0 Å². The molecular weight excluding hydrogens is 326 g/mol. The number of nitrogens with zero attached hydrogens (tertiary/aromatic N) is 2. The quantitative estimate of drug-likeness (QED) is 0.918. The van der Waals surface area contributed by atoms with E-state index in [9.17, 15) is 9.59 Å². The van der Waals surface area contributed by atoms with Gasteiger partial charge in [0.15, 0.2) is 0 Å². The van der Waals surface area contributed by atoms with Crippen LogP contribution < -0.4 is 5.32 Å². The molecule has 1 unspecified atom stereocenters. The first-order valence-electron chi connectivity index (χ1n) is 9.19. The minimum atomic E-state index is -0.204. The molecule has 1 fully saturated rings. The Labute approximate surface area is 154 Å². The zero-order valence-corrected chi connectivity index (χ0v) is 15.4. The van der Waals surface area contributed by atoms with Crippen molar-refractivity contribution in [1.82, 2.24) is 9.88 Å². The van der Waals surface area contributed by atoms with E-state index in [1.54, 1.807) is 11.0 Å². The SMILES string of the molecule is CCc1ccc(C(=O)N2CCCC(C(=O)Nc3cccc(C)n3)C2)cc1. The van der Waals surface area contributed by atoms with Crippen LogP contribution >= 0.6 is 0 Å². The average molecular weight is 351 g/mol. The first kappa shape index (κ1) is 18.1. The maximum atomic E-state index is 12.8. The first-order valence-corrected chi connectivity index (χ1v) is 9.19. The van der Waals surface area contributed by atoms with Gasteiger partial charge in [-0.25, -0.2) is 4.98 Å². The molecule has 3 rings (SSSR count). The average Bonchev–Trinajstić information content (AvgIpc) is 2.67. The second kappa shape index (κ2) is 8.13. The number of likely N-dealkylation sites (tertiary alicyclic amines) is 1. The molecule has 0 radical (unpaired) electrons. The Bertz CT molecular complexity index is 786. The predicted molar refractivity (Wildman–Crippen MR) is 102 cm³/mol. The third-order valence-corrected chi connectivity index (χ3v) is 4.83. The highest BCUT2D eigenvalue weighted by Gasteiger charge is 2.29. The van der Waals surface area contributed by atoms with Crippen LogP contribution in [0.5, 0.6) is 0 Å². The molecule has 1 N–H and O–H groups in total. The highest BCUT2D eigenvalue weighted by molar-refractivity contribution is 5.96. The van der Waals surface area contributed by atoms with Gasteiger partial charge in [0.2, 0.25) is 5.91 Å². The topological polar surface area (TPSA) is 62.3 Å². The Morgan fingerprint density at radius 2 is 1.96 bits per heavy atom. The Kier molecular flexibility index (Phi) is 5.66. The largest absolute Gasteiger partial charge is 0.338 e. The summed E-state index contributed by atoms with van der Waals surface area (Å²) >= 11 is 0. The van der Waals surface area contributed by atoms with Crippen LogP contribution in [0.15, 0.2) is 42.5 Å². The number of rotatable bonds is 4. The lowest BCUT2D eigenvalue weighted by molar-refractivity contribution is -0.121. The zero-order valence-electron chi connectivity index (χ0n) is 15.4. The summed E-state index contributed by atoms with van der Waals surface area (Å²) in [6.45, 7) is 5.13. The fourth-order valence-corrected chi connectivity index (χ4v) is 3.28. The van der Waals surface area contributed by atoms with Crippen LogP contribution in [0.25, 0.3) is 0 Å². The second-order valence-electron chi connectivity index (χ2n) is 6.79. The van der Waals surface area contributed by atoms with Gasteiger partial charge in [0.25, 0.3) is 5.91 Å². The standard InChI is InChI=1S/C21H25N3O2/c1-3-16-9-11-17(12-10-16)21(26)24-13-5-7-18(14-24)20(25)23-19-8-4-6-15(2)22-19/h4,6,8-12,18H,3,5,7,13-14H2,1-2H3,(H,22,23,25). The van der Waals surface area contributed by atoms with E-state index >= 15 is 0 Å². The van der Waals surface area contributed by atoms with Gasteiger partial charge in [0.1, 0.15) is 5.82 Å². The summed E-state index contributed by atoms with van der Waals surface area (Å²) in [6.07, 6.45) is 2.57. The molecular formula is C21H25N3O2. The molecule has 1 aliphatic rings. The molecule has 136 valence electrons. The van der Waals surface area contributed by atoms with E-state index in [4.69, 9.17) is 0 Å². The molecule has 2 heterocycles. The summed E-state index contributed by atoms with van der Waals surface area (Å²) in [5.74, 6) is 0.291. The number of amides is 2. The van der Waals surface area contributed by atoms with Crippen LogP contribution in [0.2, 0.25) is 0 Å². The van der Waals surface area contributed by atoms with Gasteiger partial charge >= 0.3 is 0 Å². The van der Waals surface area contributed by atoms with E-state index in [0.29, 0.717) is 24.5 Å². The van der Waals surface area contributed by atoms with Crippen molar-refractivity contribution >= 4 is 17.6 Å². The molecule has 1 aromatic carbocycles. The van der Waals surface area contributed by atoms with Crippen LogP contribution in [0.1, 0.15) is 41.4 Å². The molecule has 1 saturated heterocycles. The van der Waals surface area contributed by atoms with Crippen LogP contribution in [0.3, 0.4) is 0 Å². The molecule has 0 saturated carbocycles. The van der Waals surface area contributed by atoms with Gasteiger partial charge < -0.3 is 10.2 Å². The number of benzene rings is 1. The molecule has 5 heteroatoms. The summed E-state index contributed by atoms with van der Waals surface area (Å²) in [5.41, 5.74) is 2.76. The maximum Gasteiger partial charge on any atom is 0.253 e. The molecule has 0 spiro atoms. The highest BCUT2D eigenvalue weighted by atomic mass is 16.2. The molecule has 26 heavy (non-hydrogen) atoms. The predicted octanol–water partition coefficient (Wildman–Crippen LogP) is 3.44. The van der Waals surface area contributed by atoms with Crippen LogP contribution in [0, 0.1) is 12.8 Å². The number of carbonyl (C=O) groups is 2. The summed E-state index contributed by atoms with van der Waals surface area (Å²) in [4.78, 5) is 31.4. The molecule has 1 aromatic heterocycles. The van der Waals surface area contributed by atoms with Crippen molar-refractivity contribution < 1.29 is 9.59 Å². The third kappa shape index (κ3) is 4.28. The Hall–Kier alpha value is -2.69. The molecule has 5 nitrogen and oxygen atoms in total. The highest BCUT2D eigenvalue weighted by Crippen LogP contribution is 2.20. The molecule has 1 atom stereocenters. The lowest BCUT2D eigenvalue weighted by atomic mass is 9.96. The summed E-state index contributed by atoms with van der Waals surface area (Å²) in [6, 6.07) is 13.3. The number of aromatic nitrogens is 1. The summed E-state index contributed by atoms with van der Waals surface area (Å²) in [5, 5.41) is 2.88. The van der Waals surface area contributed by atoms with E-state index in [-0.39, 0.29) is 17.7 Å². The van der Waals surface area contributed by atoms with Crippen molar-refractivity contribution in [2.75, 3.05) is 18.4 Å². The molecule has 2 amide bonds. The summed E-state index contributed by atoms with van der Waals surface area (Å²) < 4.78 is 0. The van der Waals surface area contributed by atoms with Gasteiger partial charge in [0.05, 0.1) is 5.92 Å². The van der Waals surface area contributed by atoms with Crippen molar-refractivity contribution in [2.24, 2.45) is 5.92 Å². The Morgan fingerprint density at radius 1 is 1.19 bits per heavy atom. The van der Waals surface area contributed by atoms with Crippen molar-refractivity contribution in [3.8, 4) is 0 Å². The van der Waals surface area contributed by atoms with Gasteiger partial charge in [-0.1, -0.05) is 25.1 Å². The number of carbonyl (C=O) groups excluding carboxylic acids is 2. The first-order chi connectivity index (χ1) is 12.6. The van der Waals surface area contributed by atoms with E-state index < -0.39 is 0 Å². The lowest BCUT2D eigenvalue weighted by Gasteiger charge is -2.32. The number of pyridine rings is 1. The number of aryl methyl sites for hydroxylation is 2. The third-order valence-electron chi connectivity index (χ3n) is 4.83. The van der Waals surface area contributed by atoms with Gasteiger partial charge in [-0.3, -0.25) is 9.59 Å². The monoisotopic (exact) mass is 351 g/mol. The van der Waals surface area contributed by atoms with Gasteiger partial charge in [-0.15, -0.1) is 0 Å². The second-order valence-corrected chi connectivity index (χ2v) is 6.79. The van der Waals surface area contributed by atoms with Crippen LogP contribution in [-0.4, -0.2) is 34.8 Å². The molecule has 2 aromatic rings. The van der Waals surface area contributed by atoms with Crippen LogP contribution in [-0.2, 0) is 11.2 Å². The van der Waals surface area contributed by atoms with Crippen molar-refractivity contribution in [3.63, 3.8) is 0 Å². The van der Waals surface area contributed by atoms with Gasteiger partial charge in [-0.2, -0.15) is 0 Å². The molecule has 0 aliphatic carbocycles. The maximum absolute atomic E-state index is 12.8. The van der Waals surface area contributed by atoms with Crippen molar-refractivity contribution in [3.05, 3.63) is 59.3 Å². The number of anilines is 1. The van der Waals surface area contributed by atoms with E-state index in [2.05, 4.69) is 17.2 Å². The fourth-order valence-electron chi connectivity index (χ4n) is 3.28. The Balaban J connectivity index is 1.64. The number of hydrogen-bond acceptors (Lipinski definition) is 3. The smallest absolute Gasteiger partial charge is 0.253 e. The van der Waals surface area contributed by atoms with Gasteiger partial charge in [0, 0.05) is 24.3 Å². The van der Waals surface area contributed by atoms with Crippen molar-refractivity contribution in [2.45, 2.75) is 33.1 Å². The molecule has 0 bridgehead atoms.